The second kappa shape index (κ2) is 4.15. The van der Waals surface area contributed by atoms with Gasteiger partial charge in [-0.1, -0.05) is 57.0 Å². The van der Waals surface area contributed by atoms with Crippen molar-refractivity contribution in [1.29, 1.82) is 0 Å². The summed E-state index contributed by atoms with van der Waals surface area (Å²) >= 11 is 9.19. The molecule has 0 amide bonds. The summed E-state index contributed by atoms with van der Waals surface area (Å²) in [6, 6.07) is 0. The highest BCUT2D eigenvalue weighted by atomic mass is 127. The third-order valence-electron chi connectivity index (χ3n) is 0.0797. The molecule has 0 N–H and O–H groups in total. The Bertz CT molecular complexity index is 36.6. The van der Waals surface area contributed by atoms with Gasteiger partial charge < -0.3 is 0 Å². The number of hydrogen-bond donors (Lipinski definition) is 0. The molecule has 0 aliphatic heterocycles. The third-order valence-corrected chi connectivity index (χ3v) is 4.81. The normalized spacial score (nSPS) is 10.2. The minimum Gasteiger partial charge on any atom is -0.0601 e. The summed E-state index contributed by atoms with van der Waals surface area (Å²) in [4.78, 5) is 0. The first-order valence-electron chi connectivity index (χ1n) is 0.877. The molecule has 0 aromatic rings. The molecular weight excluding hydrogens is 329 g/mol. The average molecular weight is 330 g/mol. The van der Waals surface area contributed by atoms with E-state index < -0.39 is 0 Å². The van der Waals surface area contributed by atoms with Crippen molar-refractivity contribution in [3.8, 4) is 0 Å². The Balaban J connectivity index is 2.83. The fourth-order valence-corrected chi connectivity index (χ4v) is 0. The summed E-state index contributed by atoms with van der Waals surface area (Å²) < 4.78 is 0.611. The van der Waals surface area contributed by atoms with Gasteiger partial charge >= 0.3 is 0 Å². The van der Waals surface area contributed by atoms with Gasteiger partial charge in [0, 0.05) is 0 Å². The van der Waals surface area contributed by atoms with E-state index in [-0.39, 0.29) is 0 Å². The number of rotatable bonds is 1. The first kappa shape index (κ1) is 6.98. The maximum atomic E-state index is 4.63. The van der Waals surface area contributed by atoms with Crippen LogP contribution in [-0.2, 0) is 11.8 Å². The molecule has 30 valence electrons. The summed E-state index contributed by atoms with van der Waals surface area (Å²) in [5.41, 5.74) is 0. The maximum Gasteiger partial charge on any atom is 0.114 e. The second-order valence-electron chi connectivity index (χ2n) is 0.383. The molecule has 0 saturated carbocycles. The zero-order valence-electron chi connectivity index (χ0n) is 2.19. The van der Waals surface area contributed by atoms with Crippen LogP contribution in [0.1, 0.15) is 0 Å². The van der Waals surface area contributed by atoms with Crippen LogP contribution in [0.3, 0.4) is 0 Å². The fourth-order valence-electron chi connectivity index (χ4n) is 0. The Hall–Kier alpha value is 1.98. The second-order valence-corrected chi connectivity index (χ2v) is 8.59. The zero-order valence-corrected chi connectivity index (χ0v) is 8.21. The summed E-state index contributed by atoms with van der Waals surface area (Å²) in [7, 11) is 1.05. The van der Waals surface area contributed by atoms with Crippen molar-refractivity contribution in [2.24, 2.45) is 0 Å². The first-order chi connectivity index (χ1) is 2.27. The van der Waals surface area contributed by atoms with Gasteiger partial charge in [0.1, 0.15) is 1.67 Å². The maximum absolute atomic E-state index is 4.63. The molecule has 0 nitrogen and oxygen atoms in total. The van der Waals surface area contributed by atoms with Crippen molar-refractivity contribution < 1.29 is 0 Å². The molecule has 0 atom stereocenters. The highest BCUT2D eigenvalue weighted by molar-refractivity contribution is 14.2. The van der Waals surface area contributed by atoms with Gasteiger partial charge in [0.15, 0.2) is 0 Å². The monoisotopic (exact) mass is 330 g/mol. The summed E-state index contributed by atoms with van der Waals surface area (Å²) in [6.45, 7) is 0. The number of alkyl halides is 2. The molecule has 0 aromatic carbocycles. The SMILES string of the molecule is S=PC(I)I. The first-order valence-corrected chi connectivity index (χ1v) is 5.35. The van der Waals surface area contributed by atoms with E-state index in [9.17, 15) is 0 Å². The smallest absolute Gasteiger partial charge is 0.0601 e. The predicted molar refractivity (Wildman–Crippen MR) is 46.1 cm³/mol. The van der Waals surface area contributed by atoms with Crippen molar-refractivity contribution in [3.63, 3.8) is 0 Å². The van der Waals surface area contributed by atoms with Crippen LogP contribution in [0.15, 0.2) is 0 Å². The molecule has 0 aromatic heterocycles. The zero-order chi connectivity index (χ0) is 4.28. The lowest BCUT2D eigenvalue weighted by Crippen LogP contribution is -1.52. The van der Waals surface area contributed by atoms with E-state index in [0.717, 1.165) is 7.36 Å². The summed E-state index contributed by atoms with van der Waals surface area (Å²) in [5, 5.41) is 0. The minimum absolute atomic E-state index is 0.611. The average Bonchev–Trinajstić information content (AvgIpc) is 1.38. The van der Waals surface area contributed by atoms with Gasteiger partial charge in [-0.25, -0.2) is 0 Å². The van der Waals surface area contributed by atoms with Crippen molar-refractivity contribution in [2.45, 2.75) is 1.67 Å². The molecule has 0 aliphatic rings. The lowest BCUT2D eigenvalue weighted by molar-refractivity contribution is 2.34. The van der Waals surface area contributed by atoms with Crippen molar-refractivity contribution >= 4 is 64.3 Å². The van der Waals surface area contributed by atoms with Crippen molar-refractivity contribution in [1.82, 2.24) is 0 Å². The van der Waals surface area contributed by atoms with Gasteiger partial charge in [-0.15, -0.1) is 0 Å². The van der Waals surface area contributed by atoms with Crippen LogP contribution in [0.2, 0.25) is 0 Å². The lowest BCUT2D eigenvalue weighted by atomic mass is 11.9. The van der Waals surface area contributed by atoms with Crippen LogP contribution in [0, 0.1) is 0 Å². The van der Waals surface area contributed by atoms with Gasteiger partial charge in [0.05, 0.1) is 0 Å². The Kier molecular flexibility index (Phi) is 5.79. The highest BCUT2D eigenvalue weighted by Crippen LogP contribution is 2.21. The van der Waals surface area contributed by atoms with E-state index in [0.29, 0.717) is 1.67 Å². The molecule has 0 rings (SSSR count). The topological polar surface area (TPSA) is 0 Å². The van der Waals surface area contributed by atoms with E-state index in [2.05, 4.69) is 57.0 Å². The standard InChI is InChI=1S/CHI2PS/c2-1(3)4-5/h1H. The third kappa shape index (κ3) is 5.98. The lowest BCUT2D eigenvalue weighted by Gasteiger charge is -1.75. The molecule has 0 fully saturated rings. The predicted octanol–water partition coefficient (Wildman–Crippen LogP) is 2.55. The molecule has 0 spiro atoms. The van der Waals surface area contributed by atoms with Gasteiger partial charge in [0.2, 0.25) is 0 Å². The van der Waals surface area contributed by atoms with Gasteiger partial charge in [-0.2, -0.15) is 0 Å². The van der Waals surface area contributed by atoms with Gasteiger partial charge in [0.25, 0.3) is 0 Å². The van der Waals surface area contributed by atoms with Crippen LogP contribution in [0.4, 0.5) is 0 Å². The van der Waals surface area contributed by atoms with Crippen molar-refractivity contribution in [3.05, 3.63) is 0 Å². The molecular formula is CHI2PS. The van der Waals surface area contributed by atoms with E-state index >= 15 is 0 Å². The number of halogens is 2. The molecule has 0 saturated heterocycles. The van der Waals surface area contributed by atoms with Crippen LogP contribution < -0.4 is 0 Å². The van der Waals surface area contributed by atoms with Crippen LogP contribution in [0.5, 0.6) is 0 Å². The van der Waals surface area contributed by atoms with Crippen LogP contribution >= 0.6 is 52.5 Å². The summed E-state index contributed by atoms with van der Waals surface area (Å²) in [6.07, 6.45) is 0. The Morgan fingerprint density at radius 3 is 1.80 bits per heavy atom. The molecule has 0 heterocycles. The van der Waals surface area contributed by atoms with E-state index in [1.165, 1.54) is 0 Å². The number of hydrogen-bond acceptors (Lipinski definition) is 1. The quantitative estimate of drug-likeness (QED) is 0.405. The molecule has 5 heavy (non-hydrogen) atoms. The summed E-state index contributed by atoms with van der Waals surface area (Å²) in [5.74, 6) is 0. The fraction of sp³-hybridized carbons (Fsp3) is 1.00. The molecule has 0 bridgehead atoms. The molecule has 0 unspecified atom stereocenters. The van der Waals surface area contributed by atoms with E-state index in [1.807, 2.05) is 0 Å². The van der Waals surface area contributed by atoms with Crippen LogP contribution in [-0.4, -0.2) is 1.67 Å². The Morgan fingerprint density at radius 1 is 1.60 bits per heavy atom. The largest absolute Gasteiger partial charge is 0.114 e. The minimum atomic E-state index is 0.611. The van der Waals surface area contributed by atoms with Gasteiger partial charge in [-0.05, 0) is 7.36 Å². The van der Waals surface area contributed by atoms with Crippen LogP contribution in [0.25, 0.3) is 0 Å². The molecule has 4 heteroatoms. The van der Waals surface area contributed by atoms with E-state index in [4.69, 9.17) is 0 Å². The Labute approximate surface area is 65.2 Å². The molecule has 0 radical (unpaired) electrons. The molecule has 0 aliphatic carbocycles. The van der Waals surface area contributed by atoms with E-state index in [1.54, 1.807) is 0 Å². The Morgan fingerprint density at radius 2 is 1.80 bits per heavy atom. The highest BCUT2D eigenvalue weighted by Gasteiger charge is 1.82. The van der Waals surface area contributed by atoms with Crippen molar-refractivity contribution in [2.75, 3.05) is 0 Å². The van der Waals surface area contributed by atoms with Gasteiger partial charge in [-0.3, -0.25) is 0 Å².